The van der Waals surface area contributed by atoms with Gasteiger partial charge in [0.05, 0.1) is 11.9 Å². The Bertz CT molecular complexity index is 707. The lowest BCUT2D eigenvalue weighted by Crippen LogP contribution is -2.36. The van der Waals surface area contributed by atoms with Crippen molar-refractivity contribution in [2.75, 3.05) is 17.1 Å². The number of amides is 1. The van der Waals surface area contributed by atoms with E-state index in [1.807, 2.05) is 6.07 Å². The van der Waals surface area contributed by atoms with Crippen LogP contribution in [0.25, 0.3) is 0 Å². The fraction of sp³-hybridized carbons (Fsp3) is 0.611. The van der Waals surface area contributed by atoms with E-state index in [9.17, 15) is 13.2 Å². The van der Waals surface area contributed by atoms with E-state index in [1.165, 1.54) is 36.2 Å². The van der Waals surface area contributed by atoms with Gasteiger partial charge in [-0.15, -0.1) is 0 Å². The molecule has 0 unspecified atom stereocenters. The van der Waals surface area contributed by atoms with Crippen LogP contribution in [0.3, 0.4) is 0 Å². The lowest BCUT2D eigenvalue weighted by Gasteiger charge is -2.29. The van der Waals surface area contributed by atoms with Crippen LogP contribution >= 0.6 is 0 Å². The Labute approximate surface area is 144 Å². The van der Waals surface area contributed by atoms with Crippen LogP contribution in [0.2, 0.25) is 0 Å². The van der Waals surface area contributed by atoms with Gasteiger partial charge in [-0.1, -0.05) is 25.7 Å². The summed E-state index contributed by atoms with van der Waals surface area (Å²) >= 11 is 0. The Morgan fingerprint density at radius 3 is 2.50 bits per heavy atom. The molecule has 5 nitrogen and oxygen atoms in total. The molecule has 1 saturated carbocycles. The maximum atomic E-state index is 12.5. The molecule has 3 rings (SSSR count). The minimum Gasteiger partial charge on any atom is -0.349 e. The highest BCUT2D eigenvalue weighted by Crippen LogP contribution is 2.30. The molecule has 1 aromatic carbocycles. The summed E-state index contributed by atoms with van der Waals surface area (Å²) in [7, 11) is -3.27. The highest BCUT2D eigenvalue weighted by Gasteiger charge is 2.25. The first-order valence-corrected chi connectivity index (χ1v) is 10.7. The summed E-state index contributed by atoms with van der Waals surface area (Å²) in [5.41, 5.74) is 2.29. The summed E-state index contributed by atoms with van der Waals surface area (Å²) in [6.07, 6.45) is 9.81. The minimum absolute atomic E-state index is 0.0406. The van der Waals surface area contributed by atoms with Crippen LogP contribution in [-0.4, -0.2) is 33.2 Å². The van der Waals surface area contributed by atoms with Gasteiger partial charge < -0.3 is 5.32 Å². The van der Waals surface area contributed by atoms with Gasteiger partial charge >= 0.3 is 0 Å². The monoisotopic (exact) mass is 350 g/mol. The fourth-order valence-electron chi connectivity index (χ4n) is 3.74. The molecule has 1 aromatic rings. The summed E-state index contributed by atoms with van der Waals surface area (Å²) < 4.78 is 25.3. The molecule has 2 aliphatic rings. The number of carbonyl (C=O) groups excluding carboxylic acids is 1. The van der Waals surface area contributed by atoms with Crippen molar-refractivity contribution in [2.45, 2.75) is 57.4 Å². The number of benzene rings is 1. The highest BCUT2D eigenvalue weighted by atomic mass is 32.2. The Hall–Kier alpha value is -1.56. The van der Waals surface area contributed by atoms with Crippen molar-refractivity contribution in [3.63, 3.8) is 0 Å². The number of aryl methyl sites for hydroxylation is 1. The molecule has 132 valence electrons. The number of sulfonamides is 1. The standard InChI is InChI=1S/C18H26N2O3S/c1-24(22,23)20-12-6-7-14-13-15(10-11-17(14)20)18(21)19-16-8-4-2-3-5-9-16/h10-11,13,16H,2-9,12H2,1H3,(H,19,21). The van der Waals surface area contributed by atoms with Gasteiger partial charge in [-0.2, -0.15) is 0 Å². The fourth-order valence-corrected chi connectivity index (χ4v) is 4.74. The third-order valence-corrected chi connectivity index (χ3v) is 6.19. The van der Waals surface area contributed by atoms with Crippen LogP contribution < -0.4 is 9.62 Å². The molecule has 1 aliphatic heterocycles. The van der Waals surface area contributed by atoms with Gasteiger partial charge in [-0.05, 0) is 49.4 Å². The molecule has 1 amide bonds. The second-order valence-corrected chi connectivity index (χ2v) is 8.85. The van der Waals surface area contributed by atoms with Gasteiger partial charge in [0.2, 0.25) is 10.0 Å². The molecular formula is C18H26N2O3S. The molecule has 0 aromatic heterocycles. The van der Waals surface area contributed by atoms with Gasteiger partial charge in [0.25, 0.3) is 5.91 Å². The molecule has 24 heavy (non-hydrogen) atoms. The Balaban J connectivity index is 1.77. The van der Waals surface area contributed by atoms with Gasteiger partial charge in [0.1, 0.15) is 0 Å². The second-order valence-electron chi connectivity index (χ2n) is 6.94. The number of nitrogens with one attached hydrogen (secondary N) is 1. The predicted octanol–water partition coefficient (Wildman–Crippen LogP) is 2.85. The molecule has 6 heteroatoms. The summed E-state index contributed by atoms with van der Waals surface area (Å²) in [6, 6.07) is 5.65. The van der Waals surface area contributed by atoms with Crippen LogP contribution in [0.4, 0.5) is 5.69 Å². The number of hydrogen-bond acceptors (Lipinski definition) is 3. The normalized spacial score (nSPS) is 19.5. The second kappa shape index (κ2) is 7.13. The maximum absolute atomic E-state index is 12.5. The highest BCUT2D eigenvalue weighted by molar-refractivity contribution is 7.92. The van der Waals surface area contributed by atoms with Crippen LogP contribution in [-0.2, 0) is 16.4 Å². The van der Waals surface area contributed by atoms with E-state index >= 15 is 0 Å². The van der Waals surface area contributed by atoms with Crippen molar-refractivity contribution in [3.8, 4) is 0 Å². The summed E-state index contributed by atoms with van der Waals surface area (Å²) in [4.78, 5) is 12.5. The summed E-state index contributed by atoms with van der Waals surface area (Å²) in [5.74, 6) is -0.0406. The lowest BCUT2D eigenvalue weighted by molar-refractivity contribution is 0.0933. The molecule has 1 aliphatic carbocycles. The molecular weight excluding hydrogens is 324 g/mol. The smallest absolute Gasteiger partial charge is 0.251 e. The van der Waals surface area contributed by atoms with Crippen LogP contribution in [0, 0.1) is 0 Å². The van der Waals surface area contributed by atoms with E-state index < -0.39 is 10.0 Å². The molecule has 0 radical (unpaired) electrons. The largest absolute Gasteiger partial charge is 0.349 e. The van der Waals surface area contributed by atoms with Gasteiger partial charge in [-0.3, -0.25) is 9.10 Å². The van der Waals surface area contributed by atoms with Crippen molar-refractivity contribution < 1.29 is 13.2 Å². The number of fused-ring (bicyclic) bond motifs is 1. The van der Waals surface area contributed by atoms with Gasteiger partial charge in [-0.25, -0.2) is 8.42 Å². The average molecular weight is 350 g/mol. The van der Waals surface area contributed by atoms with Crippen LogP contribution in [0.1, 0.15) is 60.9 Å². The number of hydrogen-bond donors (Lipinski definition) is 1. The molecule has 1 N–H and O–H groups in total. The van der Waals surface area contributed by atoms with Crippen molar-refractivity contribution in [2.24, 2.45) is 0 Å². The Morgan fingerprint density at radius 1 is 1.12 bits per heavy atom. The van der Waals surface area contributed by atoms with Crippen molar-refractivity contribution >= 4 is 21.6 Å². The quantitative estimate of drug-likeness (QED) is 0.853. The van der Waals surface area contributed by atoms with Crippen molar-refractivity contribution in [1.29, 1.82) is 0 Å². The zero-order valence-electron chi connectivity index (χ0n) is 14.3. The zero-order chi connectivity index (χ0) is 17.2. The summed E-state index contributed by atoms with van der Waals surface area (Å²) in [5, 5.41) is 3.15. The van der Waals surface area contributed by atoms with Crippen LogP contribution in [0.5, 0.6) is 0 Å². The SMILES string of the molecule is CS(=O)(=O)N1CCCc2cc(C(=O)NC3CCCCCC3)ccc21. The Morgan fingerprint density at radius 2 is 1.83 bits per heavy atom. The van der Waals surface area contributed by atoms with E-state index in [0.29, 0.717) is 12.1 Å². The van der Waals surface area contributed by atoms with Crippen LogP contribution in [0.15, 0.2) is 18.2 Å². The average Bonchev–Trinajstić information content (AvgIpc) is 2.81. The first-order chi connectivity index (χ1) is 11.4. The molecule has 0 bridgehead atoms. The lowest BCUT2D eigenvalue weighted by atomic mass is 10.00. The number of anilines is 1. The van der Waals surface area contributed by atoms with Gasteiger partial charge in [0.15, 0.2) is 0 Å². The third kappa shape index (κ3) is 3.91. The first kappa shape index (κ1) is 17.3. The van der Waals surface area contributed by atoms with Crippen molar-refractivity contribution in [3.05, 3.63) is 29.3 Å². The maximum Gasteiger partial charge on any atom is 0.251 e. The van der Waals surface area contributed by atoms with Crippen molar-refractivity contribution in [1.82, 2.24) is 5.32 Å². The predicted molar refractivity (Wildman–Crippen MR) is 95.9 cm³/mol. The van der Waals surface area contributed by atoms with E-state index in [-0.39, 0.29) is 11.9 Å². The van der Waals surface area contributed by atoms with E-state index in [0.717, 1.165) is 36.9 Å². The van der Waals surface area contributed by atoms with E-state index in [1.54, 1.807) is 12.1 Å². The first-order valence-electron chi connectivity index (χ1n) is 8.86. The third-order valence-electron chi connectivity index (χ3n) is 5.01. The molecule has 1 fully saturated rings. The van der Waals surface area contributed by atoms with E-state index in [2.05, 4.69) is 5.32 Å². The van der Waals surface area contributed by atoms with E-state index in [4.69, 9.17) is 0 Å². The Kier molecular flexibility index (Phi) is 5.13. The topological polar surface area (TPSA) is 66.5 Å². The molecule has 0 spiro atoms. The minimum atomic E-state index is -3.27. The van der Waals surface area contributed by atoms with Gasteiger partial charge in [0, 0.05) is 18.2 Å². The number of carbonyl (C=O) groups is 1. The summed E-state index contributed by atoms with van der Waals surface area (Å²) in [6.45, 7) is 0.513. The molecule has 0 atom stereocenters. The molecule has 0 saturated heterocycles. The molecule has 1 heterocycles. The zero-order valence-corrected chi connectivity index (χ0v) is 15.1. The number of rotatable bonds is 3. The number of nitrogens with zero attached hydrogens (tertiary/aromatic N) is 1.